The van der Waals surface area contributed by atoms with Gasteiger partial charge in [0.1, 0.15) is 35.9 Å². The molecule has 0 heterocycles. The SMILES string of the molecule is CCCc1cccc2cc(C=C(O)[C@@H](O)[C@@H](O)[C@H](O)[C@H](O)C(O)=Cc3ccc4c(CCC)cccc4c3)ccc12. The molecule has 6 N–H and O–H groups in total. The Balaban J connectivity index is 1.48. The molecule has 0 saturated heterocycles. The number of rotatable bonds is 11. The van der Waals surface area contributed by atoms with Crippen LogP contribution < -0.4 is 0 Å². The van der Waals surface area contributed by atoms with Gasteiger partial charge in [0.25, 0.3) is 0 Å². The van der Waals surface area contributed by atoms with E-state index in [1.165, 1.54) is 23.3 Å². The summed E-state index contributed by atoms with van der Waals surface area (Å²) in [5.74, 6) is -1.16. The third kappa shape index (κ3) is 6.54. The Morgan fingerprint density at radius 1 is 0.600 bits per heavy atom. The molecule has 0 aromatic heterocycles. The average Bonchev–Trinajstić information content (AvgIpc) is 2.96. The highest BCUT2D eigenvalue weighted by Gasteiger charge is 2.34. The van der Waals surface area contributed by atoms with Gasteiger partial charge >= 0.3 is 0 Å². The van der Waals surface area contributed by atoms with E-state index in [1.807, 2.05) is 48.5 Å². The molecule has 0 spiro atoms. The molecule has 0 radical (unpaired) electrons. The minimum Gasteiger partial charge on any atom is -0.509 e. The van der Waals surface area contributed by atoms with Gasteiger partial charge in [0, 0.05) is 0 Å². The molecule has 210 valence electrons. The summed E-state index contributed by atoms with van der Waals surface area (Å²) in [7, 11) is 0. The molecule has 0 aliphatic rings. The maximum atomic E-state index is 10.5. The second-order valence-electron chi connectivity index (χ2n) is 10.3. The molecule has 0 bridgehead atoms. The second kappa shape index (κ2) is 13.1. The van der Waals surface area contributed by atoms with E-state index in [9.17, 15) is 30.6 Å². The minimum atomic E-state index is -1.97. The maximum Gasteiger partial charge on any atom is 0.139 e. The predicted octanol–water partition coefficient (Wildman–Crippen LogP) is 5.84. The molecule has 0 saturated carbocycles. The molecule has 0 aliphatic heterocycles. The Bertz CT molecular complexity index is 1410. The Labute approximate surface area is 234 Å². The van der Waals surface area contributed by atoms with Crippen molar-refractivity contribution in [1.29, 1.82) is 0 Å². The van der Waals surface area contributed by atoms with Crippen LogP contribution in [0.4, 0.5) is 0 Å². The van der Waals surface area contributed by atoms with E-state index >= 15 is 0 Å². The van der Waals surface area contributed by atoms with Gasteiger partial charge in [-0.15, -0.1) is 0 Å². The first-order valence-corrected chi connectivity index (χ1v) is 13.8. The lowest BCUT2D eigenvalue weighted by atomic mass is 9.96. The van der Waals surface area contributed by atoms with Crippen molar-refractivity contribution in [1.82, 2.24) is 0 Å². The summed E-state index contributed by atoms with van der Waals surface area (Å²) in [6.07, 6.45) is -1.17. The molecule has 4 aromatic rings. The van der Waals surface area contributed by atoms with E-state index in [0.29, 0.717) is 11.1 Å². The molecule has 4 atom stereocenters. The van der Waals surface area contributed by atoms with Gasteiger partial charge in [-0.3, -0.25) is 0 Å². The van der Waals surface area contributed by atoms with Crippen molar-refractivity contribution in [2.45, 2.75) is 63.9 Å². The number of aliphatic hydroxyl groups excluding tert-OH is 6. The van der Waals surface area contributed by atoms with Crippen molar-refractivity contribution < 1.29 is 30.6 Å². The van der Waals surface area contributed by atoms with Crippen LogP contribution in [0.5, 0.6) is 0 Å². The number of hydrogen-bond acceptors (Lipinski definition) is 6. The zero-order chi connectivity index (χ0) is 28.8. The van der Waals surface area contributed by atoms with E-state index < -0.39 is 35.9 Å². The van der Waals surface area contributed by atoms with Crippen LogP contribution in [0.2, 0.25) is 0 Å². The van der Waals surface area contributed by atoms with Gasteiger partial charge in [0.2, 0.25) is 0 Å². The highest BCUT2D eigenvalue weighted by atomic mass is 16.4. The molecule has 6 nitrogen and oxygen atoms in total. The Hall–Kier alpha value is -3.68. The highest BCUT2D eigenvalue weighted by molar-refractivity contribution is 5.88. The van der Waals surface area contributed by atoms with E-state index in [1.54, 1.807) is 12.1 Å². The number of aliphatic hydroxyl groups is 6. The molecular formula is C34H38O6. The summed E-state index contributed by atoms with van der Waals surface area (Å²) in [4.78, 5) is 0. The van der Waals surface area contributed by atoms with E-state index in [0.717, 1.165) is 47.2 Å². The summed E-state index contributed by atoms with van der Waals surface area (Å²) in [5, 5.41) is 67.2. The zero-order valence-electron chi connectivity index (χ0n) is 22.9. The average molecular weight is 543 g/mol. The van der Waals surface area contributed by atoms with Crippen LogP contribution in [0, 0.1) is 0 Å². The smallest absolute Gasteiger partial charge is 0.139 e. The van der Waals surface area contributed by atoms with Crippen molar-refractivity contribution >= 4 is 33.7 Å². The molecule has 6 heteroatoms. The fraction of sp³-hybridized carbons (Fsp3) is 0.294. The maximum absolute atomic E-state index is 10.5. The van der Waals surface area contributed by atoms with Crippen molar-refractivity contribution in [3.05, 3.63) is 107 Å². The number of benzene rings is 4. The van der Waals surface area contributed by atoms with Crippen LogP contribution in [-0.2, 0) is 12.8 Å². The normalized spacial score (nSPS) is 15.8. The monoisotopic (exact) mass is 542 g/mol. The fourth-order valence-corrected chi connectivity index (χ4v) is 5.13. The lowest BCUT2D eigenvalue weighted by molar-refractivity contribution is -0.0996. The van der Waals surface area contributed by atoms with E-state index in [-0.39, 0.29) is 0 Å². The first-order valence-electron chi connectivity index (χ1n) is 13.8. The van der Waals surface area contributed by atoms with Gasteiger partial charge in [0.15, 0.2) is 0 Å². The quantitative estimate of drug-likeness (QED) is 0.133. The minimum absolute atomic E-state index is 0.580. The van der Waals surface area contributed by atoms with E-state index in [2.05, 4.69) is 26.0 Å². The highest BCUT2D eigenvalue weighted by Crippen LogP contribution is 2.25. The molecule has 0 amide bonds. The third-order valence-corrected chi connectivity index (χ3v) is 7.26. The number of aryl methyl sites for hydroxylation is 2. The first kappa shape index (κ1) is 29.3. The van der Waals surface area contributed by atoms with E-state index in [4.69, 9.17) is 0 Å². The summed E-state index contributed by atoms with van der Waals surface area (Å²) >= 11 is 0. The third-order valence-electron chi connectivity index (χ3n) is 7.26. The molecule has 0 unspecified atom stereocenters. The largest absolute Gasteiger partial charge is 0.509 e. The molecule has 4 aromatic carbocycles. The summed E-state index contributed by atoms with van der Waals surface area (Å²) in [6.45, 7) is 4.24. The second-order valence-corrected chi connectivity index (χ2v) is 10.3. The topological polar surface area (TPSA) is 121 Å². The van der Waals surface area contributed by atoms with Gasteiger partial charge in [-0.05, 0) is 80.9 Å². The van der Waals surface area contributed by atoms with Crippen LogP contribution in [0.3, 0.4) is 0 Å². The van der Waals surface area contributed by atoms with Crippen LogP contribution in [0.25, 0.3) is 33.7 Å². The van der Waals surface area contributed by atoms with Crippen molar-refractivity contribution in [2.24, 2.45) is 0 Å². The lowest BCUT2D eigenvalue weighted by Crippen LogP contribution is -2.45. The lowest BCUT2D eigenvalue weighted by Gasteiger charge is -2.26. The molecular weight excluding hydrogens is 504 g/mol. The standard InChI is InChI=1S/C34H38O6/c1-3-7-23-9-5-11-25-17-21(13-15-27(23)25)19-29(35)31(37)33(39)34(40)32(38)30(36)20-22-14-16-28-24(8-4-2)10-6-12-26(28)18-22/h5-6,9-20,31-40H,3-4,7-8H2,1-2H3/t31-,32-,33-,34-/m1/s1. The van der Waals surface area contributed by atoms with Gasteiger partial charge in [0.05, 0.1) is 0 Å². The number of hydrogen-bond donors (Lipinski definition) is 6. The van der Waals surface area contributed by atoms with Gasteiger partial charge in [-0.25, -0.2) is 0 Å². The van der Waals surface area contributed by atoms with Gasteiger partial charge in [-0.1, -0.05) is 87.4 Å². The Morgan fingerprint density at radius 3 is 1.38 bits per heavy atom. The fourth-order valence-electron chi connectivity index (χ4n) is 5.13. The summed E-state index contributed by atoms with van der Waals surface area (Å²) < 4.78 is 0. The molecule has 0 aliphatic carbocycles. The first-order chi connectivity index (χ1) is 19.2. The summed E-state index contributed by atoms with van der Waals surface area (Å²) in [6, 6.07) is 23.2. The van der Waals surface area contributed by atoms with Crippen LogP contribution >= 0.6 is 0 Å². The van der Waals surface area contributed by atoms with Crippen LogP contribution in [-0.4, -0.2) is 55.1 Å². The summed E-state index contributed by atoms with van der Waals surface area (Å²) in [5.41, 5.74) is 3.65. The van der Waals surface area contributed by atoms with Crippen LogP contribution in [0.1, 0.15) is 48.9 Å². The molecule has 40 heavy (non-hydrogen) atoms. The molecule has 0 fully saturated rings. The zero-order valence-corrected chi connectivity index (χ0v) is 22.9. The van der Waals surface area contributed by atoms with Crippen molar-refractivity contribution in [2.75, 3.05) is 0 Å². The Kier molecular flexibility index (Phi) is 9.61. The van der Waals surface area contributed by atoms with Gasteiger partial charge in [-0.2, -0.15) is 0 Å². The van der Waals surface area contributed by atoms with Crippen molar-refractivity contribution in [3.8, 4) is 0 Å². The van der Waals surface area contributed by atoms with Crippen LogP contribution in [0.15, 0.2) is 84.3 Å². The van der Waals surface area contributed by atoms with Gasteiger partial charge < -0.3 is 30.6 Å². The number of fused-ring (bicyclic) bond motifs is 2. The van der Waals surface area contributed by atoms with Crippen molar-refractivity contribution in [3.63, 3.8) is 0 Å². The predicted molar refractivity (Wildman–Crippen MR) is 161 cm³/mol. The molecule has 4 rings (SSSR count). The Morgan fingerprint density at radius 2 is 1.00 bits per heavy atom.